The highest BCUT2D eigenvalue weighted by atomic mass is 16.8. The van der Waals surface area contributed by atoms with Crippen molar-refractivity contribution in [2.45, 2.75) is 224 Å². The summed E-state index contributed by atoms with van der Waals surface area (Å²) in [5.74, 6) is 0.720. The topological polar surface area (TPSA) is 276 Å². The maximum absolute atomic E-state index is 12.5. The number of hydrogen-bond donors (Lipinski definition) is 10. The van der Waals surface area contributed by atoms with Crippen molar-refractivity contribution in [3.05, 3.63) is 11.6 Å². The van der Waals surface area contributed by atoms with Gasteiger partial charge in [0.05, 0.1) is 38.6 Å². The molecule has 69 heavy (non-hydrogen) atoms. The lowest BCUT2D eigenvalue weighted by molar-refractivity contribution is -0.382. The molecule has 9 fully saturated rings. The van der Waals surface area contributed by atoms with E-state index in [1.165, 1.54) is 5.57 Å². The number of fused-ring (bicyclic) bond motifs is 8. The molecule has 0 amide bonds. The van der Waals surface area contributed by atoms with Crippen molar-refractivity contribution in [3.63, 3.8) is 0 Å². The number of rotatable bonds is 12. The van der Waals surface area contributed by atoms with E-state index in [2.05, 4.69) is 54.5 Å². The molecule has 0 radical (unpaired) electrons. The number of aliphatic hydroxyl groups is 10. The Balaban J connectivity index is 0.956. The van der Waals surface area contributed by atoms with Gasteiger partial charge in [0.1, 0.15) is 67.1 Å². The first-order valence-corrected chi connectivity index (χ1v) is 26.0. The van der Waals surface area contributed by atoms with Crippen molar-refractivity contribution in [1.82, 2.24) is 0 Å². The van der Waals surface area contributed by atoms with E-state index in [1.807, 2.05) is 0 Å². The monoisotopic (exact) mass is 985 g/mol. The highest BCUT2D eigenvalue weighted by molar-refractivity contribution is 5.35. The average molecular weight is 985 g/mol. The van der Waals surface area contributed by atoms with Gasteiger partial charge >= 0.3 is 0 Å². The quantitative estimate of drug-likeness (QED) is 0.0752. The van der Waals surface area contributed by atoms with Gasteiger partial charge in [-0.1, -0.05) is 66.5 Å². The fourth-order valence-corrected chi connectivity index (χ4v) is 16.0. The van der Waals surface area contributed by atoms with Crippen molar-refractivity contribution < 1.29 is 89.0 Å². The fourth-order valence-electron chi connectivity index (χ4n) is 16.0. The summed E-state index contributed by atoms with van der Waals surface area (Å²) in [6.45, 7) is 15.8. The third-order valence-electron chi connectivity index (χ3n) is 20.5. The van der Waals surface area contributed by atoms with Crippen LogP contribution >= 0.6 is 0 Å². The molecule has 5 saturated heterocycles. The lowest BCUT2D eigenvalue weighted by atomic mass is 9.33. The Bertz CT molecular complexity index is 1840. The molecule has 5 heterocycles. The number of unbranched alkanes of at least 4 members (excludes halogenated alkanes) is 1. The molecule has 2 bridgehead atoms. The standard InChI is InChI=1S/C51H84O18/c1-8-9-18-62-45-47(4)16-17-51(24-64-45)26(19-47)25-10-11-31-48(5)14-13-33(46(2,3)30(48)12-15-49(31,6)50(25,7)20-32(51)54)68-44-41(69-43-40(61)38(59)35(56)28(22-53)66-43)36(57)29(23-63-44)67-42-39(60)37(58)34(55)27(21-52)65-42/h10,26-45,52-61H,8-9,11-24H2,1-7H3. The molecule has 10 rings (SSSR count). The van der Waals surface area contributed by atoms with E-state index in [-0.39, 0.29) is 51.8 Å². The van der Waals surface area contributed by atoms with Crippen molar-refractivity contribution >= 4 is 0 Å². The highest BCUT2D eigenvalue weighted by Gasteiger charge is 2.71. The molecule has 10 aliphatic rings. The van der Waals surface area contributed by atoms with Gasteiger partial charge in [-0.25, -0.2) is 0 Å². The normalized spacial score (nSPS) is 54.9. The fraction of sp³-hybridized carbons (Fsp3) is 0.961. The van der Waals surface area contributed by atoms with Crippen molar-refractivity contribution in [2.24, 2.45) is 50.2 Å². The first-order chi connectivity index (χ1) is 32.5. The number of ether oxygens (including phenoxy) is 8. The minimum absolute atomic E-state index is 0.101. The van der Waals surface area contributed by atoms with Gasteiger partial charge in [-0.3, -0.25) is 0 Å². The molecule has 25 atom stereocenters. The Hall–Kier alpha value is -0.980. The number of allylic oxidation sites excluding steroid dienone is 2. The SMILES string of the molecule is CCCCOC1OCC23CCC1(C)CC2C1=CCC2C4(C)CCC(OC5OCC(OC6OC(CO)C(O)C(O)C6O)C(O)C5OC5OC(CO)C(O)C(O)C5O)C(C)(C)C4CCC2(C)C1(C)CC3O. The summed E-state index contributed by atoms with van der Waals surface area (Å²) in [5, 5.41) is 108. The molecule has 1 spiro atoms. The van der Waals surface area contributed by atoms with E-state index in [0.717, 1.165) is 57.8 Å². The van der Waals surface area contributed by atoms with Gasteiger partial charge in [0.25, 0.3) is 0 Å². The summed E-state index contributed by atoms with van der Waals surface area (Å²) < 4.78 is 49.8. The summed E-state index contributed by atoms with van der Waals surface area (Å²) in [5.41, 5.74) is 0.153. The van der Waals surface area contributed by atoms with Crippen molar-refractivity contribution in [1.29, 1.82) is 0 Å². The van der Waals surface area contributed by atoms with Crippen LogP contribution in [-0.2, 0) is 37.9 Å². The summed E-state index contributed by atoms with van der Waals surface area (Å²) >= 11 is 0. The van der Waals surface area contributed by atoms with Gasteiger partial charge in [-0.2, -0.15) is 0 Å². The lowest BCUT2D eigenvalue weighted by Gasteiger charge is -2.72. The van der Waals surface area contributed by atoms with Crippen LogP contribution in [0, 0.1) is 50.2 Å². The van der Waals surface area contributed by atoms with Gasteiger partial charge in [-0.15, -0.1) is 0 Å². The van der Waals surface area contributed by atoms with Crippen LogP contribution in [-0.4, -0.2) is 189 Å². The molecule has 0 aromatic rings. The van der Waals surface area contributed by atoms with Gasteiger partial charge in [0, 0.05) is 17.4 Å². The van der Waals surface area contributed by atoms with Crippen molar-refractivity contribution in [2.75, 3.05) is 33.0 Å². The Morgan fingerprint density at radius 1 is 0.667 bits per heavy atom. The molecular weight excluding hydrogens is 901 g/mol. The summed E-state index contributed by atoms with van der Waals surface area (Å²) in [6.07, 6.45) is -10.8. The molecule has 396 valence electrons. The lowest BCUT2D eigenvalue weighted by Crippen LogP contribution is -2.67. The minimum Gasteiger partial charge on any atom is -0.394 e. The average Bonchev–Trinajstić information content (AvgIpc) is 3.53. The maximum atomic E-state index is 12.5. The largest absolute Gasteiger partial charge is 0.394 e. The van der Waals surface area contributed by atoms with Crippen molar-refractivity contribution in [3.8, 4) is 0 Å². The van der Waals surface area contributed by atoms with Crippen LogP contribution in [0.5, 0.6) is 0 Å². The summed E-state index contributed by atoms with van der Waals surface area (Å²) in [6, 6.07) is 0. The molecule has 0 aromatic carbocycles. The third-order valence-corrected chi connectivity index (χ3v) is 20.5. The molecule has 18 heteroatoms. The highest BCUT2D eigenvalue weighted by Crippen LogP contribution is 2.76. The van der Waals surface area contributed by atoms with Crippen LogP contribution in [0.3, 0.4) is 0 Å². The van der Waals surface area contributed by atoms with E-state index in [1.54, 1.807) is 0 Å². The molecule has 4 saturated carbocycles. The predicted octanol–water partition coefficient (Wildman–Crippen LogP) is 1.38. The van der Waals surface area contributed by atoms with E-state index >= 15 is 0 Å². The zero-order chi connectivity index (χ0) is 49.8. The molecule has 10 N–H and O–H groups in total. The van der Waals surface area contributed by atoms with Crippen LogP contribution < -0.4 is 0 Å². The minimum atomic E-state index is -1.82. The van der Waals surface area contributed by atoms with E-state index < -0.39 is 117 Å². The third kappa shape index (κ3) is 8.37. The van der Waals surface area contributed by atoms with Gasteiger partial charge < -0.3 is 89.0 Å². The zero-order valence-electron chi connectivity index (χ0n) is 41.7. The maximum Gasteiger partial charge on any atom is 0.187 e. The first kappa shape index (κ1) is 52.9. The molecule has 18 nitrogen and oxygen atoms in total. The predicted molar refractivity (Wildman–Crippen MR) is 243 cm³/mol. The molecule has 5 aliphatic heterocycles. The van der Waals surface area contributed by atoms with Gasteiger partial charge in [-0.05, 0) is 104 Å². The van der Waals surface area contributed by atoms with E-state index in [9.17, 15) is 51.1 Å². The second kappa shape index (κ2) is 19.3. The Labute approximate surface area is 406 Å². The second-order valence-corrected chi connectivity index (χ2v) is 24.4. The Kier molecular flexibility index (Phi) is 14.8. The van der Waals surface area contributed by atoms with Gasteiger partial charge in [0.2, 0.25) is 0 Å². The van der Waals surface area contributed by atoms with Crippen LogP contribution in [0.15, 0.2) is 11.6 Å². The molecule has 0 aromatic heterocycles. The second-order valence-electron chi connectivity index (χ2n) is 24.4. The smallest absolute Gasteiger partial charge is 0.187 e. The number of hydrogen-bond acceptors (Lipinski definition) is 18. The Morgan fingerprint density at radius 2 is 1.32 bits per heavy atom. The van der Waals surface area contributed by atoms with E-state index in [4.69, 9.17) is 37.9 Å². The summed E-state index contributed by atoms with van der Waals surface area (Å²) in [4.78, 5) is 0. The number of aliphatic hydroxyl groups excluding tert-OH is 10. The molecular formula is C51H84O18. The molecule has 5 aliphatic carbocycles. The molecule has 25 unspecified atom stereocenters. The van der Waals surface area contributed by atoms with Crippen LogP contribution in [0.2, 0.25) is 0 Å². The Morgan fingerprint density at radius 3 is 1.96 bits per heavy atom. The van der Waals surface area contributed by atoms with Crippen LogP contribution in [0.4, 0.5) is 0 Å². The van der Waals surface area contributed by atoms with Crippen LogP contribution in [0.1, 0.15) is 119 Å². The van der Waals surface area contributed by atoms with Crippen LogP contribution in [0.25, 0.3) is 0 Å². The zero-order valence-corrected chi connectivity index (χ0v) is 41.7. The first-order valence-electron chi connectivity index (χ1n) is 26.0. The van der Waals surface area contributed by atoms with E-state index in [0.29, 0.717) is 32.0 Å². The summed E-state index contributed by atoms with van der Waals surface area (Å²) in [7, 11) is 0. The van der Waals surface area contributed by atoms with Gasteiger partial charge in [0.15, 0.2) is 25.2 Å².